The zero-order valence-electron chi connectivity index (χ0n) is 17.5. The van der Waals surface area contributed by atoms with Crippen molar-refractivity contribution < 1.29 is 14.9 Å². The van der Waals surface area contributed by atoms with Crippen LogP contribution in [0.4, 0.5) is 0 Å². The number of allylic oxidation sites excluding steroid dienone is 1. The zero-order valence-corrected chi connectivity index (χ0v) is 17.5. The van der Waals surface area contributed by atoms with Gasteiger partial charge in [-0.1, -0.05) is 48.6 Å². The van der Waals surface area contributed by atoms with Crippen molar-refractivity contribution in [2.75, 3.05) is 7.11 Å². The Morgan fingerprint density at radius 2 is 1.48 bits per heavy atom. The largest absolute Gasteiger partial charge is 0.508 e. The van der Waals surface area contributed by atoms with E-state index in [1.165, 1.54) is 5.56 Å². The van der Waals surface area contributed by atoms with Crippen LogP contribution in [0.5, 0.6) is 17.2 Å². The molecule has 0 spiro atoms. The molecule has 0 saturated heterocycles. The predicted molar refractivity (Wildman–Crippen MR) is 120 cm³/mol. The lowest BCUT2D eigenvalue weighted by Gasteiger charge is -2.12. The molecule has 3 aromatic rings. The highest BCUT2D eigenvalue weighted by Gasteiger charge is 2.11. The van der Waals surface area contributed by atoms with Gasteiger partial charge >= 0.3 is 0 Å². The molecule has 0 atom stereocenters. The number of aromatic hydroxyl groups is 2. The lowest BCUT2D eigenvalue weighted by atomic mass is 9.97. The van der Waals surface area contributed by atoms with Crippen molar-refractivity contribution >= 4 is 6.08 Å². The Morgan fingerprint density at radius 3 is 2.17 bits per heavy atom. The summed E-state index contributed by atoms with van der Waals surface area (Å²) in [6.45, 7) is 5.93. The summed E-state index contributed by atoms with van der Waals surface area (Å²) in [7, 11) is 1.57. The second-order valence-corrected chi connectivity index (χ2v) is 7.35. The average Bonchev–Trinajstić information content (AvgIpc) is 2.72. The van der Waals surface area contributed by atoms with Crippen LogP contribution in [0.2, 0.25) is 0 Å². The first-order valence-corrected chi connectivity index (χ1v) is 9.84. The fraction of sp³-hybridized carbons (Fsp3) is 0.231. The minimum Gasteiger partial charge on any atom is -0.508 e. The van der Waals surface area contributed by atoms with Crippen LogP contribution in [0.3, 0.4) is 0 Å². The van der Waals surface area contributed by atoms with E-state index >= 15 is 0 Å². The van der Waals surface area contributed by atoms with Crippen molar-refractivity contribution in [3.8, 4) is 28.4 Å². The van der Waals surface area contributed by atoms with Crippen molar-refractivity contribution in [3.63, 3.8) is 0 Å². The first kappa shape index (κ1) is 20.5. The maximum absolute atomic E-state index is 9.91. The number of aryl methyl sites for hydroxylation is 1. The normalized spacial score (nSPS) is 11.2. The highest BCUT2D eigenvalue weighted by Crippen LogP contribution is 2.36. The molecule has 3 nitrogen and oxygen atoms in total. The number of benzene rings is 3. The molecule has 0 bridgehead atoms. The first-order valence-electron chi connectivity index (χ1n) is 9.84. The second kappa shape index (κ2) is 8.87. The van der Waals surface area contributed by atoms with Gasteiger partial charge in [-0.15, -0.1) is 0 Å². The Kier molecular flexibility index (Phi) is 6.28. The smallest absolute Gasteiger partial charge is 0.163 e. The molecule has 0 unspecified atom stereocenters. The van der Waals surface area contributed by atoms with Crippen LogP contribution in [0.15, 0.2) is 54.6 Å². The van der Waals surface area contributed by atoms with Crippen LogP contribution in [0.1, 0.15) is 34.2 Å². The highest BCUT2D eigenvalue weighted by molar-refractivity contribution is 5.72. The molecule has 3 rings (SSSR count). The van der Waals surface area contributed by atoms with Gasteiger partial charge < -0.3 is 14.9 Å². The summed E-state index contributed by atoms with van der Waals surface area (Å²) in [6, 6.07) is 15.8. The van der Waals surface area contributed by atoms with Crippen LogP contribution >= 0.6 is 0 Å². The molecule has 0 aliphatic carbocycles. The number of rotatable bonds is 6. The van der Waals surface area contributed by atoms with Crippen molar-refractivity contribution in [1.29, 1.82) is 0 Å². The Hall–Kier alpha value is -3.20. The zero-order chi connectivity index (χ0) is 21.0. The summed E-state index contributed by atoms with van der Waals surface area (Å²) in [5.41, 5.74) is 7.57. The number of ether oxygens (including phenoxy) is 1. The third-order valence-electron chi connectivity index (χ3n) is 5.55. The topological polar surface area (TPSA) is 49.7 Å². The van der Waals surface area contributed by atoms with E-state index in [-0.39, 0.29) is 5.75 Å². The minimum atomic E-state index is 0.163. The van der Waals surface area contributed by atoms with Crippen molar-refractivity contribution in [2.45, 2.75) is 33.6 Å². The second-order valence-electron chi connectivity index (χ2n) is 7.35. The fourth-order valence-electron chi connectivity index (χ4n) is 3.57. The van der Waals surface area contributed by atoms with Crippen LogP contribution in [0, 0.1) is 20.8 Å². The van der Waals surface area contributed by atoms with Gasteiger partial charge in [-0.25, -0.2) is 0 Å². The van der Waals surface area contributed by atoms with Gasteiger partial charge in [0.05, 0.1) is 7.11 Å². The van der Waals surface area contributed by atoms with Crippen molar-refractivity contribution in [3.05, 3.63) is 82.4 Å². The summed E-state index contributed by atoms with van der Waals surface area (Å²) in [6.07, 6.45) is 6.22. The first-order chi connectivity index (χ1) is 13.9. The van der Waals surface area contributed by atoms with Crippen molar-refractivity contribution in [1.82, 2.24) is 0 Å². The van der Waals surface area contributed by atoms with E-state index < -0.39 is 0 Å². The Labute approximate surface area is 172 Å². The van der Waals surface area contributed by atoms with E-state index in [2.05, 4.69) is 36.4 Å². The number of methoxy groups -OCH3 is 1. The molecular weight excluding hydrogens is 360 g/mol. The SMILES string of the molecule is COc1c(O)ccc(-c2ccc(CC/C=C/c3ccc(O)c(C)c3C)cc2)c1C. The number of phenolic OH excluding ortho intramolecular Hbond substituents is 2. The maximum Gasteiger partial charge on any atom is 0.163 e. The van der Waals surface area contributed by atoms with Gasteiger partial charge in [0.15, 0.2) is 11.5 Å². The molecule has 0 radical (unpaired) electrons. The Balaban J connectivity index is 1.67. The highest BCUT2D eigenvalue weighted by atomic mass is 16.5. The monoisotopic (exact) mass is 388 g/mol. The Morgan fingerprint density at radius 1 is 0.793 bits per heavy atom. The summed E-state index contributed by atoms with van der Waals surface area (Å²) in [5, 5.41) is 19.7. The molecule has 0 saturated carbocycles. The summed E-state index contributed by atoms with van der Waals surface area (Å²) in [5.74, 6) is 1.04. The van der Waals surface area contributed by atoms with Gasteiger partial charge in [0.2, 0.25) is 0 Å². The van der Waals surface area contributed by atoms with Crippen LogP contribution in [0.25, 0.3) is 17.2 Å². The molecule has 0 fully saturated rings. The molecule has 3 heteroatoms. The predicted octanol–water partition coefficient (Wildman–Crippen LogP) is 6.34. The summed E-state index contributed by atoms with van der Waals surface area (Å²) in [4.78, 5) is 0. The van der Waals surface area contributed by atoms with Crippen molar-refractivity contribution in [2.24, 2.45) is 0 Å². The standard InChI is InChI=1S/C26H28O3/c1-17-18(2)24(27)15-13-21(17)8-6-5-7-20-9-11-22(12-10-20)23-14-16-25(28)26(29-4)19(23)3/h6,8-16,27-28H,5,7H2,1-4H3/b8-6+. The van der Waals surface area contributed by atoms with E-state index in [4.69, 9.17) is 4.74 Å². The van der Waals surface area contributed by atoms with E-state index in [0.717, 1.165) is 46.2 Å². The van der Waals surface area contributed by atoms with Gasteiger partial charge in [-0.3, -0.25) is 0 Å². The van der Waals surface area contributed by atoms with E-state index in [1.54, 1.807) is 19.2 Å². The summed E-state index contributed by atoms with van der Waals surface area (Å²) < 4.78 is 5.31. The lowest BCUT2D eigenvalue weighted by Crippen LogP contribution is -1.92. The summed E-state index contributed by atoms with van der Waals surface area (Å²) >= 11 is 0. The maximum atomic E-state index is 9.91. The molecule has 0 amide bonds. The minimum absolute atomic E-state index is 0.163. The van der Waals surface area contributed by atoms with E-state index in [9.17, 15) is 10.2 Å². The quantitative estimate of drug-likeness (QED) is 0.518. The average molecular weight is 389 g/mol. The van der Waals surface area contributed by atoms with E-state index in [0.29, 0.717) is 11.5 Å². The molecule has 150 valence electrons. The molecule has 0 aromatic heterocycles. The van der Waals surface area contributed by atoms with E-state index in [1.807, 2.05) is 32.9 Å². The number of hydrogen-bond acceptors (Lipinski definition) is 3. The van der Waals surface area contributed by atoms with Gasteiger partial charge in [0, 0.05) is 5.56 Å². The fourth-order valence-corrected chi connectivity index (χ4v) is 3.57. The third kappa shape index (κ3) is 4.45. The number of phenols is 2. The molecule has 3 aromatic carbocycles. The molecule has 0 aliphatic heterocycles. The third-order valence-corrected chi connectivity index (χ3v) is 5.55. The van der Waals surface area contributed by atoms with Gasteiger partial charge in [0.25, 0.3) is 0 Å². The Bertz CT molecular complexity index is 1030. The van der Waals surface area contributed by atoms with Gasteiger partial charge in [-0.05, 0) is 79.1 Å². The molecular formula is C26H28O3. The van der Waals surface area contributed by atoms with Crippen LogP contribution in [-0.2, 0) is 6.42 Å². The molecule has 29 heavy (non-hydrogen) atoms. The van der Waals surface area contributed by atoms with Gasteiger partial charge in [0.1, 0.15) is 5.75 Å². The molecule has 2 N–H and O–H groups in total. The molecule has 0 aliphatic rings. The number of hydrogen-bond donors (Lipinski definition) is 2. The molecule has 0 heterocycles. The van der Waals surface area contributed by atoms with Crippen LogP contribution in [-0.4, -0.2) is 17.3 Å². The van der Waals surface area contributed by atoms with Crippen LogP contribution < -0.4 is 4.74 Å². The van der Waals surface area contributed by atoms with Gasteiger partial charge in [-0.2, -0.15) is 0 Å². The lowest BCUT2D eigenvalue weighted by molar-refractivity contribution is 0.371.